The number of anilines is 2. The number of sulfonamides is 1. The van der Waals surface area contributed by atoms with Crippen molar-refractivity contribution >= 4 is 38.9 Å². The Balaban J connectivity index is 1.99. The summed E-state index contributed by atoms with van der Waals surface area (Å²) in [6, 6.07) is 9.35. The van der Waals surface area contributed by atoms with Crippen LogP contribution in [0.1, 0.15) is 24.0 Å². The van der Waals surface area contributed by atoms with Gasteiger partial charge in [-0.1, -0.05) is 17.7 Å². The largest absolute Gasteiger partial charge is 0.326 e. The maximum Gasteiger partial charge on any atom is 0.232 e. The molecule has 8 heteroatoms. The van der Waals surface area contributed by atoms with E-state index in [1.54, 1.807) is 6.07 Å². The van der Waals surface area contributed by atoms with Gasteiger partial charge in [0, 0.05) is 18.7 Å². The molecule has 0 spiro atoms. The van der Waals surface area contributed by atoms with Gasteiger partial charge in [-0.2, -0.15) is 0 Å². The van der Waals surface area contributed by atoms with Gasteiger partial charge in [0.15, 0.2) is 0 Å². The van der Waals surface area contributed by atoms with Crippen molar-refractivity contribution in [2.75, 3.05) is 22.4 Å². The molecule has 2 rings (SSSR count). The van der Waals surface area contributed by atoms with Crippen LogP contribution in [0, 0.1) is 19.7 Å². The van der Waals surface area contributed by atoms with E-state index >= 15 is 0 Å². The summed E-state index contributed by atoms with van der Waals surface area (Å²) < 4.78 is 38.7. The Hall–Kier alpha value is -2.12. The molecule has 0 aliphatic carbocycles. The number of aryl methyl sites for hydroxylation is 2. The average molecular weight is 413 g/mol. The molecular weight excluding hydrogens is 391 g/mol. The number of nitrogens with one attached hydrogen (secondary N) is 1. The van der Waals surface area contributed by atoms with Crippen molar-refractivity contribution in [1.82, 2.24) is 0 Å². The zero-order chi connectivity index (χ0) is 20.2. The van der Waals surface area contributed by atoms with Crippen LogP contribution in [-0.2, 0) is 14.8 Å². The van der Waals surface area contributed by atoms with Crippen LogP contribution < -0.4 is 9.62 Å². The van der Waals surface area contributed by atoms with Crippen LogP contribution in [0.25, 0.3) is 0 Å². The number of halogens is 2. The number of benzene rings is 2. The first-order chi connectivity index (χ1) is 12.6. The average Bonchev–Trinajstić information content (AvgIpc) is 2.57. The molecule has 2 aromatic rings. The second-order valence-electron chi connectivity index (χ2n) is 6.38. The molecule has 0 aliphatic heterocycles. The molecule has 1 amide bonds. The summed E-state index contributed by atoms with van der Waals surface area (Å²) in [5.41, 5.74) is 3.03. The van der Waals surface area contributed by atoms with Crippen molar-refractivity contribution in [3.8, 4) is 0 Å². The molecule has 0 radical (unpaired) electrons. The van der Waals surface area contributed by atoms with E-state index in [0.29, 0.717) is 17.8 Å². The molecule has 146 valence electrons. The zero-order valence-corrected chi connectivity index (χ0v) is 17.0. The van der Waals surface area contributed by atoms with Crippen LogP contribution in [0.2, 0.25) is 5.02 Å². The highest BCUT2D eigenvalue weighted by atomic mass is 35.5. The maximum absolute atomic E-state index is 13.1. The van der Waals surface area contributed by atoms with E-state index < -0.39 is 15.8 Å². The number of rotatable bonds is 7. The quantitative estimate of drug-likeness (QED) is 0.738. The number of amides is 1. The van der Waals surface area contributed by atoms with Gasteiger partial charge in [-0.15, -0.1) is 0 Å². The Morgan fingerprint density at radius 3 is 2.44 bits per heavy atom. The van der Waals surface area contributed by atoms with Gasteiger partial charge < -0.3 is 5.32 Å². The fourth-order valence-corrected chi connectivity index (χ4v) is 3.69. The normalized spacial score (nSPS) is 11.3. The Bertz CT molecular complexity index is 948. The Morgan fingerprint density at radius 2 is 1.85 bits per heavy atom. The highest BCUT2D eigenvalue weighted by molar-refractivity contribution is 7.92. The summed E-state index contributed by atoms with van der Waals surface area (Å²) in [7, 11) is -3.47. The smallest absolute Gasteiger partial charge is 0.232 e. The van der Waals surface area contributed by atoms with Gasteiger partial charge in [0.25, 0.3) is 0 Å². The SMILES string of the molecule is Cc1ccc(N(CCCC(=O)Nc2ccc(F)c(Cl)c2)S(C)(=O)=O)cc1C. The lowest BCUT2D eigenvalue weighted by Crippen LogP contribution is -2.31. The number of hydrogen-bond acceptors (Lipinski definition) is 3. The Labute approximate surface area is 164 Å². The van der Waals surface area contributed by atoms with E-state index in [0.717, 1.165) is 17.4 Å². The maximum atomic E-state index is 13.1. The number of carbonyl (C=O) groups is 1. The van der Waals surface area contributed by atoms with Gasteiger partial charge in [0.1, 0.15) is 5.82 Å². The highest BCUT2D eigenvalue weighted by Gasteiger charge is 2.18. The molecular formula is C19H22ClFN2O3S. The fraction of sp³-hybridized carbons (Fsp3) is 0.316. The van der Waals surface area contributed by atoms with Crippen molar-refractivity contribution in [3.05, 3.63) is 58.4 Å². The van der Waals surface area contributed by atoms with E-state index in [4.69, 9.17) is 11.6 Å². The monoisotopic (exact) mass is 412 g/mol. The van der Waals surface area contributed by atoms with Gasteiger partial charge in [-0.05, 0) is 61.7 Å². The molecule has 0 heterocycles. The minimum Gasteiger partial charge on any atom is -0.326 e. The molecule has 1 N–H and O–H groups in total. The molecule has 0 unspecified atom stereocenters. The molecule has 0 atom stereocenters. The summed E-state index contributed by atoms with van der Waals surface area (Å²) in [4.78, 5) is 12.1. The fourth-order valence-electron chi connectivity index (χ4n) is 2.55. The van der Waals surface area contributed by atoms with Gasteiger partial charge >= 0.3 is 0 Å². The van der Waals surface area contributed by atoms with Gasteiger partial charge in [-0.25, -0.2) is 12.8 Å². The Kier molecular flexibility index (Phi) is 6.84. The molecule has 0 fully saturated rings. The van der Waals surface area contributed by atoms with E-state index in [9.17, 15) is 17.6 Å². The molecule has 0 saturated heterocycles. The third-order valence-corrected chi connectivity index (χ3v) is 5.63. The van der Waals surface area contributed by atoms with Crippen LogP contribution in [0.15, 0.2) is 36.4 Å². The third kappa shape index (κ3) is 5.94. The molecule has 0 saturated carbocycles. The first-order valence-electron chi connectivity index (χ1n) is 8.38. The van der Waals surface area contributed by atoms with Crippen LogP contribution in [0.3, 0.4) is 0 Å². The predicted molar refractivity (Wildman–Crippen MR) is 107 cm³/mol. The lowest BCUT2D eigenvalue weighted by Gasteiger charge is -2.23. The van der Waals surface area contributed by atoms with Crippen molar-refractivity contribution in [2.45, 2.75) is 26.7 Å². The van der Waals surface area contributed by atoms with Crippen molar-refractivity contribution in [2.24, 2.45) is 0 Å². The van der Waals surface area contributed by atoms with E-state index in [-0.39, 0.29) is 23.9 Å². The minimum absolute atomic E-state index is 0.0780. The van der Waals surface area contributed by atoms with E-state index in [1.165, 1.54) is 22.5 Å². The topological polar surface area (TPSA) is 66.5 Å². The van der Waals surface area contributed by atoms with E-state index in [1.807, 2.05) is 26.0 Å². The number of carbonyl (C=O) groups excluding carboxylic acids is 1. The van der Waals surface area contributed by atoms with Crippen molar-refractivity contribution in [1.29, 1.82) is 0 Å². The van der Waals surface area contributed by atoms with Gasteiger partial charge in [0.2, 0.25) is 15.9 Å². The molecule has 2 aromatic carbocycles. The van der Waals surface area contributed by atoms with Crippen LogP contribution in [-0.4, -0.2) is 27.1 Å². The first kappa shape index (κ1) is 21.2. The molecule has 5 nitrogen and oxygen atoms in total. The summed E-state index contributed by atoms with van der Waals surface area (Å²) in [6.45, 7) is 4.05. The number of hydrogen-bond donors (Lipinski definition) is 1. The van der Waals surface area contributed by atoms with Crippen LogP contribution >= 0.6 is 11.6 Å². The zero-order valence-electron chi connectivity index (χ0n) is 15.4. The lowest BCUT2D eigenvalue weighted by atomic mass is 10.1. The van der Waals surface area contributed by atoms with Crippen molar-refractivity contribution < 1.29 is 17.6 Å². The molecule has 0 bridgehead atoms. The lowest BCUT2D eigenvalue weighted by molar-refractivity contribution is -0.116. The van der Waals surface area contributed by atoms with Crippen molar-refractivity contribution in [3.63, 3.8) is 0 Å². The van der Waals surface area contributed by atoms with Gasteiger partial charge in [0.05, 0.1) is 17.0 Å². The predicted octanol–water partition coefficient (Wildman–Crippen LogP) is 4.28. The van der Waals surface area contributed by atoms with Gasteiger partial charge in [-0.3, -0.25) is 9.10 Å². The van der Waals surface area contributed by atoms with E-state index in [2.05, 4.69) is 5.32 Å². The van der Waals surface area contributed by atoms with Crippen LogP contribution in [0.5, 0.6) is 0 Å². The molecule has 0 aromatic heterocycles. The Morgan fingerprint density at radius 1 is 1.15 bits per heavy atom. The summed E-state index contributed by atoms with van der Waals surface area (Å²) in [6.07, 6.45) is 1.59. The number of nitrogens with zero attached hydrogens (tertiary/aromatic N) is 1. The summed E-state index contributed by atoms with van der Waals surface area (Å²) in [5.74, 6) is -0.863. The standard InChI is InChI=1S/C19H22ClFN2O3S/c1-13-6-8-16(11-14(13)2)23(27(3,25)26)10-4-5-19(24)22-15-7-9-18(21)17(20)12-15/h6-9,11-12H,4-5,10H2,1-3H3,(H,22,24). The minimum atomic E-state index is -3.47. The second kappa shape index (κ2) is 8.71. The first-order valence-corrected chi connectivity index (χ1v) is 10.6. The van der Waals surface area contributed by atoms with Crippen LogP contribution in [0.4, 0.5) is 15.8 Å². The summed E-state index contributed by atoms with van der Waals surface area (Å²) >= 11 is 5.69. The molecule has 0 aliphatic rings. The summed E-state index contributed by atoms with van der Waals surface area (Å²) in [5, 5.41) is 2.54. The third-order valence-electron chi connectivity index (χ3n) is 4.15. The second-order valence-corrected chi connectivity index (χ2v) is 8.70. The highest BCUT2D eigenvalue weighted by Crippen LogP contribution is 2.22. The molecule has 27 heavy (non-hydrogen) atoms.